The lowest BCUT2D eigenvalue weighted by atomic mass is 9.96. The maximum absolute atomic E-state index is 6.01. The van der Waals surface area contributed by atoms with Gasteiger partial charge in [-0.3, -0.25) is 9.88 Å². The zero-order valence-electron chi connectivity index (χ0n) is 16.9. The largest absolute Gasteiger partial charge is 0.441 e. The molecular weight excluding hydrogens is 346 g/mol. The van der Waals surface area contributed by atoms with Gasteiger partial charge in [-0.25, -0.2) is 4.98 Å². The van der Waals surface area contributed by atoms with E-state index in [0.29, 0.717) is 6.04 Å². The fraction of sp³-hybridized carbons (Fsp3) is 0.417. The molecule has 3 heterocycles. The molecule has 2 aromatic heterocycles. The van der Waals surface area contributed by atoms with E-state index in [1.54, 1.807) is 0 Å². The van der Waals surface area contributed by atoms with Crippen LogP contribution < -0.4 is 0 Å². The second-order valence-corrected chi connectivity index (χ2v) is 7.87. The van der Waals surface area contributed by atoms with E-state index in [2.05, 4.69) is 53.2 Å². The van der Waals surface area contributed by atoms with Crippen LogP contribution in [0.2, 0.25) is 0 Å². The number of nitrogens with zero attached hydrogens (tertiary/aromatic N) is 3. The first kappa shape index (κ1) is 18.9. The second-order valence-electron chi connectivity index (χ2n) is 7.87. The molecule has 0 N–H and O–H groups in total. The Morgan fingerprint density at radius 2 is 2.04 bits per heavy atom. The third-order valence-electron chi connectivity index (χ3n) is 5.72. The molecule has 1 fully saturated rings. The van der Waals surface area contributed by atoms with Crippen LogP contribution in [0.4, 0.5) is 0 Å². The summed E-state index contributed by atoms with van der Waals surface area (Å²) in [7, 11) is 0. The zero-order valence-corrected chi connectivity index (χ0v) is 16.9. The third kappa shape index (κ3) is 4.50. The lowest BCUT2D eigenvalue weighted by Crippen LogP contribution is -2.39. The molecule has 0 spiro atoms. The van der Waals surface area contributed by atoms with Crippen LogP contribution in [-0.2, 0) is 13.0 Å². The predicted octanol–water partition coefficient (Wildman–Crippen LogP) is 5.34. The van der Waals surface area contributed by atoms with Crippen molar-refractivity contribution < 1.29 is 4.42 Å². The number of hydrogen-bond acceptors (Lipinski definition) is 4. The van der Waals surface area contributed by atoms with Gasteiger partial charge < -0.3 is 4.42 Å². The molecule has 4 rings (SSSR count). The van der Waals surface area contributed by atoms with Gasteiger partial charge in [-0.05, 0) is 70.3 Å². The standard InChI is InChI=1S/C24H29N3O/c1-18-8-7-9-20(16-18)24-26-23(19(2)28-24)17-27-15-6-4-11-22(27)13-12-21-10-3-5-14-25-21/h3,5,7-10,14,16,22H,4,6,11-13,15,17H2,1-2H3/t22-/m1/s1. The highest BCUT2D eigenvalue weighted by Gasteiger charge is 2.24. The minimum absolute atomic E-state index is 0.592. The Hall–Kier alpha value is -2.46. The number of hydrogen-bond donors (Lipinski definition) is 0. The molecule has 146 valence electrons. The summed E-state index contributed by atoms with van der Waals surface area (Å²) >= 11 is 0. The Morgan fingerprint density at radius 1 is 1.11 bits per heavy atom. The molecule has 28 heavy (non-hydrogen) atoms. The zero-order chi connectivity index (χ0) is 19.3. The van der Waals surface area contributed by atoms with Gasteiger partial charge in [0.05, 0.1) is 5.69 Å². The Morgan fingerprint density at radius 3 is 2.86 bits per heavy atom. The molecule has 0 amide bonds. The SMILES string of the molecule is Cc1cccc(-c2nc(CN3CCCC[C@@H]3CCc3ccccn3)c(C)o2)c1. The molecule has 1 aromatic carbocycles. The van der Waals surface area contributed by atoms with Crippen molar-refractivity contribution in [3.63, 3.8) is 0 Å². The highest BCUT2D eigenvalue weighted by Crippen LogP contribution is 2.27. The van der Waals surface area contributed by atoms with Gasteiger partial charge in [0.2, 0.25) is 5.89 Å². The normalized spacial score (nSPS) is 17.7. The van der Waals surface area contributed by atoms with Gasteiger partial charge in [0, 0.05) is 30.0 Å². The van der Waals surface area contributed by atoms with Gasteiger partial charge in [-0.2, -0.15) is 0 Å². The van der Waals surface area contributed by atoms with Gasteiger partial charge in [0.1, 0.15) is 5.76 Å². The molecule has 3 aromatic rings. The van der Waals surface area contributed by atoms with Crippen LogP contribution in [0.1, 0.15) is 48.4 Å². The molecule has 4 heteroatoms. The first-order valence-corrected chi connectivity index (χ1v) is 10.4. The summed E-state index contributed by atoms with van der Waals surface area (Å²) in [5.74, 6) is 1.67. The number of pyridine rings is 1. The van der Waals surface area contributed by atoms with E-state index in [4.69, 9.17) is 9.40 Å². The van der Waals surface area contributed by atoms with Crippen molar-refractivity contribution in [2.24, 2.45) is 0 Å². The van der Waals surface area contributed by atoms with Gasteiger partial charge in [-0.15, -0.1) is 0 Å². The topological polar surface area (TPSA) is 42.2 Å². The van der Waals surface area contributed by atoms with E-state index in [0.717, 1.165) is 48.8 Å². The van der Waals surface area contributed by atoms with Gasteiger partial charge >= 0.3 is 0 Å². The van der Waals surface area contributed by atoms with Crippen LogP contribution in [0.15, 0.2) is 53.1 Å². The van der Waals surface area contributed by atoms with E-state index in [1.807, 2.05) is 19.2 Å². The van der Waals surface area contributed by atoms with Crippen LogP contribution >= 0.6 is 0 Å². The Kier molecular flexibility index (Phi) is 5.87. The van der Waals surface area contributed by atoms with Crippen molar-refractivity contribution in [1.82, 2.24) is 14.9 Å². The summed E-state index contributed by atoms with van der Waals surface area (Å²) in [6.45, 7) is 6.14. The van der Waals surface area contributed by atoms with E-state index >= 15 is 0 Å². The lowest BCUT2D eigenvalue weighted by Gasteiger charge is -2.35. The van der Waals surface area contributed by atoms with Gasteiger partial charge in [-0.1, -0.05) is 30.2 Å². The van der Waals surface area contributed by atoms with Crippen molar-refractivity contribution in [1.29, 1.82) is 0 Å². The fourth-order valence-corrected chi connectivity index (χ4v) is 4.12. The van der Waals surface area contributed by atoms with E-state index in [1.165, 1.54) is 30.5 Å². The molecule has 1 atom stereocenters. The molecule has 0 bridgehead atoms. The van der Waals surface area contributed by atoms with Gasteiger partial charge in [0.25, 0.3) is 0 Å². The highest BCUT2D eigenvalue weighted by atomic mass is 16.4. The van der Waals surface area contributed by atoms with Crippen LogP contribution in [0.25, 0.3) is 11.5 Å². The van der Waals surface area contributed by atoms with Crippen molar-refractivity contribution in [2.45, 2.75) is 58.5 Å². The van der Waals surface area contributed by atoms with E-state index in [9.17, 15) is 0 Å². The first-order valence-electron chi connectivity index (χ1n) is 10.4. The molecule has 0 radical (unpaired) electrons. The summed E-state index contributed by atoms with van der Waals surface area (Å²) in [5, 5.41) is 0. The summed E-state index contributed by atoms with van der Waals surface area (Å²) < 4.78 is 6.01. The van der Waals surface area contributed by atoms with Crippen molar-refractivity contribution in [3.8, 4) is 11.5 Å². The average Bonchev–Trinajstić information content (AvgIpc) is 3.09. The third-order valence-corrected chi connectivity index (χ3v) is 5.72. The predicted molar refractivity (Wildman–Crippen MR) is 112 cm³/mol. The molecule has 4 nitrogen and oxygen atoms in total. The van der Waals surface area contributed by atoms with Crippen LogP contribution in [0.3, 0.4) is 0 Å². The summed E-state index contributed by atoms with van der Waals surface area (Å²) in [4.78, 5) is 11.9. The van der Waals surface area contributed by atoms with Crippen molar-refractivity contribution >= 4 is 0 Å². The maximum Gasteiger partial charge on any atom is 0.226 e. The fourth-order valence-electron chi connectivity index (χ4n) is 4.12. The minimum Gasteiger partial charge on any atom is -0.441 e. The van der Waals surface area contributed by atoms with E-state index < -0.39 is 0 Å². The number of benzene rings is 1. The Bertz CT molecular complexity index is 903. The van der Waals surface area contributed by atoms with Gasteiger partial charge in [0.15, 0.2) is 0 Å². The number of rotatable bonds is 6. The Labute approximate surface area is 167 Å². The maximum atomic E-state index is 6.01. The van der Waals surface area contributed by atoms with E-state index in [-0.39, 0.29) is 0 Å². The number of likely N-dealkylation sites (tertiary alicyclic amines) is 1. The summed E-state index contributed by atoms with van der Waals surface area (Å²) in [6, 6.07) is 15.1. The number of aryl methyl sites for hydroxylation is 3. The molecule has 0 saturated carbocycles. The monoisotopic (exact) mass is 375 g/mol. The smallest absolute Gasteiger partial charge is 0.226 e. The molecule has 1 aliphatic heterocycles. The Balaban J connectivity index is 1.45. The van der Waals surface area contributed by atoms with Crippen molar-refractivity contribution in [2.75, 3.05) is 6.54 Å². The first-order chi connectivity index (χ1) is 13.7. The molecule has 1 aliphatic rings. The van der Waals surface area contributed by atoms with Crippen molar-refractivity contribution in [3.05, 3.63) is 71.4 Å². The number of oxazole rings is 1. The van der Waals surface area contributed by atoms with Crippen LogP contribution in [0.5, 0.6) is 0 Å². The summed E-state index contributed by atoms with van der Waals surface area (Å²) in [5.41, 5.74) is 4.54. The second kappa shape index (κ2) is 8.70. The average molecular weight is 376 g/mol. The summed E-state index contributed by atoms with van der Waals surface area (Å²) in [6.07, 6.45) is 7.92. The lowest BCUT2D eigenvalue weighted by molar-refractivity contribution is 0.130. The molecule has 0 unspecified atom stereocenters. The number of piperidine rings is 1. The molecule has 0 aliphatic carbocycles. The highest BCUT2D eigenvalue weighted by molar-refractivity contribution is 5.54. The minimum atomic E-state index is 0.592. The quantitative estimate of drug-likeness (QED) is 0.583. The van der Waals surface area contributed by atoms with Crippen LogP contribution in [0, 0.1) is 13.8 Å². The molecular formula is C24H29N3O. The molecule has 1 saturated heterocycles. The number of aromatic nitrogens is 2. The van der Waals surface area contributed by atoms with Crippen LogP contribution in [-0.4, -0.2) is 27.5 Å².